The quantitative estimate of drug-likeness (QED) is 0.660. The van der Waals surface area contributed by atoms with E-state index in [1.54, 1.807) is 0 Å². The van der Waals surface area contributed by atoms with Crippen molar-refractivity contribution >= 4 is 5.97 Å². The summed E-state index contributed by atoms with van der Waals surface area (Å²) in [5.41, 5.74) is 0. The van der Waals surface area contributed by atoms with Crippen molar-refractivity contribution in [1.29, 1.82) is 0 Å². The molecule has 14 heavy (non-hydrogen) atoms. The second-order valence-corrected chi connectivity index (χ2v) is 3.62. The highest BCUT2D eigenvalue weighted by molar-refractivity contribution is 5.75. The van der Waals surface area contributed by atoms with Crippen LogP contribution in [0.3, 0.4) is 0 Å². The molecule has 0 spiro atoms. The Balaban J connectivity index is 2.22. The number of methoxy groups -OCH3 is 1. The summed E-state index contributed by atoms with van der Waals surface area (Å²) in [7, 11) is 1.42. The molecule has 4 nitrogen and oxygen atoms in total. The molecule has 0 bridgehead atoms. The van der Waals surface area contributed by atoms with Crippen LogP contribution in [0, 0.1) is 5.92 Å². The molecule has 2 atom stereocenters. The van der Waals surface area contributed by atoms with E-state index >= 15 is 0 Å². The lowest BCUT2D eigenvalue weighted by Crippen LogP contribution is -2.39. The standard InChI is InChI=1S/C10H19NO3/c1-3-9(10(12)13-2)11-6-8-4-5-14-7-8/h8-9,11H,3-7H2,1-2H3. The van der Waals surface area contributed by atoms with Gasteiger partial charge in [0.2, 0.25) is 0 Å². The van der Waals surface area contributed by atoms with Crippen LogP contribution in [0.25, 0.3) is 0 Å². The van der Waals surface area contributed by atoms with Gasteiger partial charge in [0.25, 0.3) is 0 Å². The molecule has 1 aliphatic rings. The van der Waals surface area contributed by atoms with Crippen molar-refractivity contribution in [2.75, 3.05) is 26.9 Å². The van der Waals surface area contributed by atoms with Crippen LogP contribution >= 0.6 is 0 Å². The van der Waals surface area contributed by atoms with Gasteiger partial charge in [0.1, 0.15) is 6.04 Å². The van der Waals surface area contributed by atoms with Crippen molar-refractivity contribution in [3.63, 3.8) is 0 Å². The smallest absolute Gasteiger partial charge is 0.322 e. The predicted octanol–water partition coefficient (Wildman–Crippen LogP) is 0.564. The number of ether oxygens (including phenoxy) is 2. The maximum Gasteiger partial charge on any atom is 0.322 e. The maximum atomic E-state index is 11.2. The second kappa shape index (κ2) is 5.98. The maximum absolute atomic E-state index is 11.2. The van der Waals surface area contributed by atoms with Gasteiger partial charge in [-0.2, -0.15) is 0 Å². The van der Waals surface area contributed by atoms with E-state index in [0.717, 1.165) is 32.6 Å². The molecule has 0 amide bonds. The molecule has 82 valence electrons. The van der Waals surface area contributed by atoms with Gasteiger partial charge in [-0.15, -0.1) is 0 Å². The van der Waals surface area contributed by atoms with Gasteiger partial charge < -0.3 is 14.8 Å². The van der Waals surface area contributed by atoms with Gasteiger partial charge in [-0.1, -0.05) is 6.92 Å². The summed E-state index contributed by atoms with van der Waals surface area (Å²) in [5.74, 6) is 0.375. The van der Waals surface area contributed by atoms with Gasteiger partial charge >= 0.3 is 5.97 Å². The molecule has 0 aromatic rings. The third-order valence-electron chi connectivity index (χ3n) is 2.57. The Morgan fingerprint density at radius 3 is 3.00 bits per heavy atom. The summed E-state index contributed by atoms with van der Waals surface area (Å²) in [6.45, 7) is 4.47. The molecule has 1 rings (SSSR count). The van der Waals surface area contributed by atoms with E-state index in [-0.39, 0.29) is 12.0 Å². The van der Waals surface area contributed by atoms with Crippen molar-refractivity contribution < 1.29 is 14.3 Å². The molecule has 0 aliphatic carbocycles. The number of hydrogen-bond acceptors (Lipinski definition) is 4. The highest BCUT2D eigenvalue weighted by Crippen LogP contribution is 2.11. The SMILES string of the molecule is CCC(NCC1CCOC1)C(=O)OC. The summed E-state index contributed by atoms with van der Waals surface area (Å²) in [6, 6.07) is -0.166. The van der Waals surface area contributed by atoms with Crippen LogP contribution in [-0.2, 0) is 14.3 Å². The van der Waals surface area contributed by atoms with Gasteiger partial charge in [-0.25, -0.2) is 0 Å². The first kappa shape index (κ1) is 11.5. The molecule has 0 saturated carbocycles. The molecule has 1 aliphatic heterocycles. The van der Waals surface area contributed by atoms with E-state index in [9.17, 15) is 4.79 Å². The Bertz CT molecular complexity index is 178. The molecule has 0 aromatic carbocycles. The van der Waals surface area contributed by atoms with E-state index in [1.165, 1.54) is 7.11 Å². The van der Waals surface area contributed by atoms with Crippen LogP contribution in [0.4, 0.5) is 0 Å². The molecular formula is C10H19NO3. The third kappa shape index (κ3) is 3.27. The molecule has 1 saturated heterocycles. The lowest BCUT2D eigenvalue weighted by Gasteiger charge is -2.16. The molecule has 1 fully saturated rings. The van der Waals surface area contributed by atoms with E-state index in [2.05, 4.69) is 10.1 Å². The predicted molar refractivity (Wildman–Crippen MR) is 53.0 cm³/mol. The first-order valence-electron chi connectivity index (χ1n) is 5.16. The van der Waals surface area contributed by atoms with Crippen LogP contribution in [0.15, 0.2) is 0 Å². The van der Waals surface area contributed by atoms with Gasteiger partial charge in [-0.3, -0.25) is 4.79 Å². The first-order valence-corrected chi connectivity index (χ1v) is 5.16. The van der Waals surface area contributed by atoms with Crippen LogP contribution < -0.4 is 5.32 Å². The lowest BCUT2D eigenvalue weighted by atomic mass is 10.1. The average Bonchev–Trinajstić information content (AvgIpc) is 2.71. The number of carbonyl (C=O) groups is 1. The minimum Gasteiger partial charge on any atom is -0.468 e. The Morgan fingerprint density at radius 1 is 1.71 bits per heavy atom. The molecule has 1 N–H and O–H groups in total. The third-order valence-corrected chi connectivity index (χ3v) is 2.57. The topological polar surface area (TPSA) is 47.6 Å². The number of nitrogens with one attached hydrogen (secondary N) is 1. The van der Waals surface area contributed by atoms with Crippen LogP contribution in [0.5, 0.6) is 0 Å². The van der Waals surface area contributed by atoms with Crippen molar-refractivity contribution in [2.45, 2.75) is 25.8 Å². The Hall–Kier alpha value is -0.610. The number of carbonyl (C=O) groups excluding carboxylic acids is 1. The normalized spacial score (nSPS) is 23.4. The Labute approximate surface area is 85.0 Å². The molecule has 4 heteroatoms. The zero-order chi connectivity index (χ0) is 10.4. The molecular weight excluding hydrogens is 182 g/mol. The number of hydrogen-bond donors (Lipinski definition) is 1. The van der Waals surface area contributed by atoms with E-state index in [0.29, 0.717) is 5.92 Å². The molecule has 0 radical (unpaired) electrons. The lowest BCUT2D eigenvalue weighted by molar-refractivity contribution is -0.143. The molecule has 2 unspecified atom stereocenters. The monoisotopic (exact) mass is 201 g/mol. The number of esters is 1. The van der Waals surface area contributed by atoms with Crippen molar-refractivity contribution in [3.8, 4) is 0 Å². The fourth-order valence-electron chi connectivity index (χ4n) is 1.59. The largest absolute Gasteiger partial charge is 0.468 e. The van der Waals surface area contributed by atoms with Crippen LogP contribution in [0.2, 0.25) is 0 Å². The van der Waals surface area contributed by atoms with Crippen molar-refractivity contribution in [2.24, 2.45) is 5.92 Å². The van der Waals surface area contributed by atoms with Crippen molar-refractivity contribution in [3.05, 3.63) is 0 Å². The summed E-state index contributed by atoms with van der Waals surface area (Å²) >= 11 is 0. The first-order chi connectivity index (χ1) is 6.77. The summed E-state index contributed by atoms with van der Waals surface area (Å²) in [4.78, 5) is 11.2. The second-order valence-electron chi connectivity index (χ2n) is 3.62. The number of rotatable bonds is 5. The van der Waals surface area contributed by atoms with Gasteiger partial charge in [0.05, 0.1) is 13.7 Å². The minimum atomic E-state index is -0.175. The zero-order valence-corrected chi connectivity index (χ0v) is 8.91. The fourth-order valence-corrected chi connectivity index (χ4v) is 1.59. The minimum absolute atomic E-state index is 0.166. The van der Waals surface area contributed by atoms with Gasteiger partial charge in [0, 0.05) is 13.2 Å². The van der Waals surface area contributed by atoms with Gasteiger partial charge in [-0.05, 0) is 18.8 Å². The summed E-state index contributed by atoms with van der Waals surface area (Å²) in [6.07, 6.45) is 1.85. The van der Waals surface area contributed by atoms with Crippen LogP contribution in [-0.4, -0.2) is 38.9 Å². The average molecular weight is 201 g/mol. The Morgan fingerprint density at radius 2 is 2.50 bits per heavy atom. The van der Waals surface area contributed by atoms with Gasteiger partial charge in [0.15, 0.2) is 0 Å². The molecule has 0 aromatic heterocycles. The van der Waals surface area contributed by atoms with Crippen molar-refractivity contribution in [1.82, 2.24) is 5.32 Å². The van der Waals surface area contributed by atoms with E-state index < -0.39 is 0 Å². The highest BCUT2D eigenvalue weighted by Gasteiger charge is 2.20. The summed E-state index contributed by atoms with van der Waals surface area (Å²) in [5, 5.41) is 3.21. The van der Waals surface area contributed by atoms with E-state index in [4.69, 9.17) is 4.74 Å². The zero-order valence-electron chi connectivity index (χ0n) is 8.91. The highest BCUT2D eigenvalue weighted by atomic mass is 16.5. The summed E-state index contributed by atoms with van der Waals surface area (Å²) < 4.78 is 9.94. The molecule has 1 heterocycles. The van der Waals surface area contributed by atoms with E-state index in [1.807, 2.05) is 6.92 Å². The van der Waals surface area contributed by atoms with Crippen LogP contribution in [0.1, 0.15) is 19.8 Å². The Kier molecular flexibility index (Phi) is 4.90. The fraction of sp³-hybridized carbons (Fsp3) is 0.900.